The first-order valence-electron chi connectivity index (χ1n) is 6.08. The Kier molecular flexibility index (Phi) is 4.64. The molecule has 1 aromatic carbocycles. The summed E-state index contributed by atoms with van der Waals surface area (Å²) in [5.74, 6) is -2.08. The average molecular weight is 351 g/mol. The highest BCUT2D eigenvalue weighted by Gasteiger charge is 2.41. The highest BCUT2D eigenvalue weighted by Crippen LogP contribution is 2.43. The lowest BCUT2D eigenvalue weighted by Crippen LogP contribution is -2.20. The van der Waals surface area contributed by atoms with Crippen molar-refractivity contribution in [1.82, 2.24) is 9.78 Å². The van der Waals surface area contributed by atoms with Gasteiger partial charge < -0.3 is 0 Å². The molecule has 0 aliphatic carbocycles. The minimum Gasteiger partial charge on any atom is -0.278 e. The van der Waals surface area contributed by atoms with E-state index in [0.29, 0.717) is 11.0 Å². The zero-order valence-electron chi connectivity index (χ0n) is 11.9. The lowest BCUT2D eigenvalue weighted by Gasteiger charge is -2.20. The van der Waals surface area contributed by atoms with Crippen LogP contribution in [-0.4, -0.2) is 22.4 Å². The maximum absolute atomic E-state index is 13.9. The van der Waals surface area contributed by atoms with E-state index >= 15 is 0 Å². The van der Waals surface area contributed by atoms with E-state index < -0.39 is 34.9 Å². The zero-order chi connectivity index (χ0) is 17.4. The summed E-state index contributed by atoms with van der Waals surface area (Å²) >= 11 is 0.910. The molecule has 124 valence electrons. The second kappa shape index (κ2) is 6.19. The quantitative estimate of drug-likeness (QED) is 0.479. The number of nitrogens with zero attached hydrogens (tertiary/aromatic N) is 3. The molecule has 4 nitrogen and oxygen atoms in total. The van der Waals surface area contributed by atoms with E-state index in [1.165, 1.54) is 13.3 Å². The molecule has 0 saturated heterocycles. The molecular formula is C13H10F5N3OS. The van der Waals surface area contributed by atoms with E-state index in [-0.39, 0.29) is 11.4 Å². The van der Waals surface area contributed by atoms with Crippen molar-refractivity contribution in [2.45, 2.75) is 11.2 Å². The molecule has 10 heteroatoms. The predicted molar refractivity (Wildman–Crippen MR) is 74.6 cm³/mol. The molecule has 0 bridgehead atoms. The van der Waals surface area contributed by atoms with E-state index in [0.717, 1.165) is 28.6 Å². The summed E-state index contributed by atoms with van der Waals surface area (Å²) < 4.78 is 67.3. The number of thioether (sulfide) groups is 1. The molecule has 1 amide bonds. The molecule has 0 aliphatic heterocycles. The van der Waals surface area contributed by atoms with Gasteiger partial charge in [0.1, 0.15) is 22.3 Å². The van der Waals surface area contributed by atoms with Crippen molar-refractivity contribution in [3.8, 4) is 0 Å². The standard InChI is InChI=1S/C13H10F5N3OS/c1-20-12(23-2)10(11(19-20)13(16,17)18)21(6-22)9-4-3-7(14)5-8(9)15/h3-6H,1-2H3. The van der Waals surface area contributed by atoms with Crippen LogP contribution in [-0.2, 0) is 18.0 Å². The van der Waals surface area contributed by atoms with Gasteiger partial charge in [0.05, 0.1) is 5.69 Å². The first-order chi connectivity index (χ1) is 10.7. The summed E-state index contributed by atoms with van der Waals surface area (Å²) in [4.78, 5) is 11.8. The summed E-state index contributed by atoms with van der Waals surface area (Å²) in [6.45, 7) is 0. The Labute approximate surface area is 131 Å². The lowest BCUT2D eigenvalue weighted by atomic mass is 10.2. The second-order valence-corrected chi connectivity index (χ2v) is 5.19. The van der Waals surface area contributed by atoms with Gasteiger partial charge in [-0.3, -0.25) is 14.4 Å². The molecule has 0 saturated carbocycles. The number of hydrogen-bond acceptors (Lipinski definition) is 3. The molecule has 0 N–H and O–H groups in total. The first kappa shape index (κ1) is 17.3. The minimum absolute atomic E-state index is 0.00755. The van der Waals surface area contributed by atoms with Gasteiger partial charge in [-0.05, 0) is 18.4 Å². The van der Waals surface area contributed by atoms with E-state index in [4.69, 9.17) is 0 Å². The molecule has 2 aromatic rings. The fourth-order valence-corrected chi connectivity index (χ4v) is 2.73. The van der Waals surface area contributed by atoms with Crippen LogP contribution in [0.15, 0.2) is 23.2 Å². The molecule has 2 rings (SSSR count). The maximum Gasteiger partial charge on any atom is 0.437 e. The van der Waals surface area contributed by atoms with Gasteiger partial charge >= 0.3 is 6.18 Å². The van der Waals surface area contributed by atoms with Crippen LogP contribution in [0.5, 0.6) is 0 Å². The monoisotopic (exact) mass is 351 g/mol. The van der Waals surface area contributed by atoms with Gasteiger partial charge in [0.25, 0.3) is 0 Å². The Morgan fingerprint density at radius 2 is 1.96 bits per heavy atom. The number of carbonyl (C=O) groups is 1. The molecule has 23 heavy (non-hydrogen) atoms. The third kappa shape index (κ3) is 3.16. The average Bonchev–Trinajstić information content (AvgIpc) is 2.78. The van der Waals surface area contributed by atoms with Crippen LogP contribution >= 0.6 is 11.8 Å². The Balaban J connectivity index is 2.73. The molecule has 0 fully saturated rings. The van der Waals surface area contributed by atoms with Crippen molar-refractivity contribution >= 4 is 29.5 Å². The summed E-state index contributed by atoms with van der Waals surface area (Å²) in [5.41, 5.74) is -2.44. The molecule has 0 aliphatic rings. The molecule has 0 atom stereocenters. The van der Waals surface area contributed by atoms with Gasteiger partial charge in [-0.25, -0.2) is 8.78 Å². The number of aromatic nitrogens is 2. The number of carbonyl (C=O) groups excluding carboxylic acids is 1. The first-order valence-corrected chi connectivity index (χ1v) is 7.31. The number of aryl methyl sites for hydroxylation is 1. The van der Waals surface area contributed by atoms with Crippen molar-refractivity contribution in [1.29, 1.82) is 0 Å². The van der Waals surface area contributed by atoms with Crippen molar-refractivity contribution in [2.24, 2.45) is 7.05 Å². The van der Waals surface area contributed by atoms with E-state index in [2.05, 4.69) is 5.10 Å². The largest absolute Gasteiger partial charge is 0.437 e. The van der Waals surface area contributed by atoms with Crippen molar-refractivity contribution in [3.05, 3.63) is 35.5 Å². The number of rotatable bonds is 4. The number of amides is 1. The van der Waals surface area contributed by atoms with Gasteiger partial charge in [-0.15, -0.1) is 11.8 Å². The van der Waals surface area contributed by atoms with Gasteiger partial charge in [0, 0.05) is 13.1 Å². The fourth-order valence-electron chi connectivity index (χ4n) is 2.04. The predicted octanol–water partition coefficient (Wildman–Crippen LogP) is 3.73. The van der Waals surface area contributed by atoms with E-state index in [1.54, 1.807) is 0 Å². The highest BCUT2D eigenvalue weighted by atomic mass is 32.2. The maximum atomic E-state index is 13.9. The van der Waals surface area contributed by atoms with Crippen LogP contribution in [0.2, 0.25) is 0 Å². The highest BCUT2D eigenvalue weighted by molar-refractivity contribution is 7.98. The number of benzene rings is 1. The van der Waals surface area contributed by atoms with Crippen molar-refractivity contribution in [2.75, 3.05) is 11.2 Å². The molecule has 1 aromatic heterocycles. The van der Waals surface area contributed by atoms with Crippen molar-refractivity contribution < 1.29 is 26.7 Å². The summed E-state index contributed by atoms with van der Waals surface area (Å²) in [6, 6.07) is 2.21. The smallest absolute Gasteiger partial charge is 0.278 e. The van der Waals surface area contributed by atoms with E-state index in [9.17, 15) is 26.7 Å². The second-order valence-electron chi connectivity index (χ2n) is 4.40. The number of hydrogen-bond donors (Lipinski definition) is 0. The summed E-state index contributed by atoms with van der Waals surface area (Å²) in [7, 11) is 1.27. The van der Waals surface area contributed by atoms with Gasteiger partial charge in [-0.1, -0.05) is 0 Å². The lowest BCUT2D eigenvalue weighted by molar-refractivity contribution is -0.140. The van der Waals surface area contributed by atoms with Crippen LogP contribution < -0.4 is 4.90 Å². The summed E-state index contributed by atoms with van der Waals surface area (Å²) in [5, 5.41) is 3.38. The molecule has 1 heterocycles. The Hall–Kier alpha value is -2.10. The number of halogens is 5. The Morgan fingerprint density at radius 3 is 2.43 bits per heavy atom. The third-order valence-electron chi connectivity index (χ3n) is 2.95. The molecule has 0 spiro atoms. The van der Waals surface area contributed by atoms with Crippen molar-refractivity contribution in [3.63, 3.8) is 0 Å². The van der Waals surface area contributed by atoms with E-state index in [1.807, 2.05) is 0 Å². The molecule has 0 radical (unpaired) electrons. The topological polar surface area (TPSA) is 38.1 Å². The normalized spacial score (nSPS) is 11.6. The van der Waals surface area contributed by atoms with Crippen LogP contribution in [0.1, 0.15) is 5.69 Å². The minimum atomic E-state index is -4.85. The van der Waals surface area contributed by atoms with Gasteiger partial charge in [0.15, 0.2) is 5.69 Å². The Bertz CT molecular complexity index is 744. The SMILES string of the molecule is CSc1c(N(C=O)c2ccc(F)cc2F)c(C(F)(F)F)nn1C. The van der Waals surface area contributed by atoms with Crippen LogP contribution in [0.25, 0.3) is 0 Å². The summed E-state index contributed by atoms with van der Waals surface area (Å²) in [6.07, 6.45) is -3.33. The zero-order valence-corrected chi connectivity index (χ0v) is 12.7. The Morgan fingerprint density at radius 1 is 1.30 bits per heavy atom. The fraction of sp³-hybridized carbons (Fsp3) is 0.231. The van der Waals surface area contributed by atoms with Gasteiger partial charge in [-0.2, -0.15) is 18.3 Å². The van der Waals surface area contributed by atoms with Gasteiger partial charge in [0.2, 0.25) is 6.41 Å². The molecular weight excluding hydrogens is 341 g/mol. The number of anilines is 2. The van der Waals surface area contributed by atoms with Crippen LogP contribution in [0.4, 0.5) is 33.3 Å². The third-order valence-corrected chi connectivity index (χ3v) is 3.79. The molecule has 0 unspecified atom stereocenters. The van der Waals surface area contributed by atoms with Crippen LogP contribution in [0, 0.1) is 11.6 Å². The van der Waals surface area contributed by atoms with Crippen LogP contribution in [0.3, 0.4) is 0 Å². The number of alkyl halides is 3.